The number of rotatable bonds is 0. The van der Waals surface area contributed by atoms with Gasteiger partial charge in [0.2, 0.25) is 0 Å². The Labute approximate surface area is 179 Å². The van der Waals surface area contributed by atoms with Gasteiger partial charge in [0.05, 0.1) is 0 Å². The summed E-state index contributed by atoms with van der Waals surface area (Å²) in [5.41, 5.74) is 18.0. The molecule has 3 aromatic rings. The van der Waals surface area contributed by atoms with Crippen molar-refractivity contribution in [3.8, 4) is 0 Å². The van der Waals surface area contributed by atoms with Crippen molar-refractivity contribution in [1.29, 1.82) is 0 Å². The van der Waals surface area contributed by atoms with Crippen LogP contribution >= 0.6 is 0 Å². The van der Waals surface area contributed by atoms with Crippen molar-refractivity contribution >= 4 is 45.9 Å². The lowest BCUT2D eigenvalue weighted by atomic mass is 9.33. The van der Waals surface area contributed by atoms with Gasteiger partial charge in [-0.1, -0.05) is 24.3 Å². The molecule has 4 aliphatic heterocycles. The van der Waals surface area contributed by atoms with E-state index in [4.69, 9.17) is 0 Å². The van der Waals surface area contributed by atoms with E-state index in [1.807, 2.05) is 0 Å². The number of hydrogen-bond acceptors (Lipinski definition) is 2. The van der Waals surface area contributed by atoms with Gasteiger partial charge in [-0.2, -0.15) is 0 Å². The van der Waals surface area contributed by atoms with E-state index < -0.39 is 0 Å². The number of fused-ring (bicyclic) bond motifs is 4. The van der Waals surface area contributed by atoms with Gasteiger partial charge in [-0.25, -0.2) is 0 Å². The maximum Gasteiger partial charge on any atom is 0.252 e. The Morgan fingerprint density at radius 1 is 0.700 bits per heavy atom. The van der Waals surface area contributed by atoms with Crippen LogP contribution in [0.4, 0.5) is 22.7 Å². The van der Waals surface area contributed by atoms with Gasteiger partial charge in [-0.05, 0) is 103 Å². The lowest BCUT2D eigenvalue weighted by molar-refractivity contribution is 0.757. The topological polar surface area (TPSA) is 6.48 Å². The fourth-order valence-electron chi connectivity index (χ4n) is 6.76. The number of hydrogen-bond donors (Lipinski definition) is 0. The van der Waals surface area contributed by atoms with Gasteiger partial charge in [0.15, 0.2) is 0 Å². The van der Waals surface area contributed by atoms with Crippen molar-refractivity contribution in [2.45, 2.75) is 46.5 Å². The Morgan fingerprint density at radius 3 is 1.70 bits per heavy atom. The third kappa shape index (κ3) is 1.97. The first kappa shape index (κ1) is 17.1. The monoisotopic (exact) mass is 390 g/mol. The van der Waals surface area contributed by atoms with E-state index in [2.05, 4.69) is 67.0 Å². The average Bonchev–Trinajstić information content (AvgIpc) is 2.76. The summed E-state index contributed by atoms with van der Waals surface area (Å²) in [6.07, 6.45) is 4.91. The summed E-state index contributed by atoms with van der Waals surface area (Å²) < 4.78 is 0. The highest BCUT2D eigenvalue weighted by Crippen LogP contribution is 2.44. The summed E-state index contributed by atoms with van der Waals surface area (Å²) in [5, 5.41) is 0. The highest BCUT2D eigenvalue weighted by atomic mass is 15.2. The highest BCUT2D eigenvalue weighted by Gasteiger charge is 2.45. The quantitative estimate of drug-likeness (QED) is 0.537. The maximum absolute atomic E-state index is 2.66. The third-order valence-corrected chi connectivity index (χ3v) is 8.03. The molecule has 0 N–H and O–H groups in total. The molecular weight excluding hydrogens is 363 g/mol. The van der Waals surface area contributed by atoms with Crippen molar-refractivity contribution < 1.29 is 0 Å². The predicted octanol–water partition coefficient (Wildman–Crippen LogP) is 3.92. The molecule has 0 bridgehead atoms. The van der Waals surface area contributed by atoms with Crippen LogP contribution in [0.25, 0.3) is 0 Å². The molecule has 7 rings (SSSR count). The minimum atomic E-state index is 0.364. The number of anilines is 4. The Balaban J connectivity index is 1.64. The molecule has 0 amide bonds. The van der Waals surface area contributed by atoms with Gasteiger partial charge < -0.3 is 9.80 Å². The molecule has 30 heavy (non-hydrogen) atoms. The molecule has 4 heterocycles. The molecule has 0 fully saturated rings. The van der Waals surface area contributed by atoms with Crippen LogP contribution in [0.2, 0.25) is 0 Å². The van der Waals surface area contributed by atoms with E-state index in [-0.39, 0.29) is 0 Å². The predicted molar refractivity (Wildman–Crippen MR) is 129 cm³/mol. The highest BCUT2D eigenvalue weighted by molar-refractivity contribution is 7.00. The van der Waals surface area contributed by atoms with Crippen LogP contribution < -0.4 is 26.2 Å². The van der Waals surface area contributed by atoms with Crippen LogP contribution in [0.1, 0.15) is 40.7 Å². The molecule has 0 aliphatic carbocycles. The van der Waals surface area contributed by atoms with Gasteiger partial charge in [0.1, 0.15) is 0 Å². The van der Waals surface area contributed by atoms with Crippen LogP contribution in [0.15, 0.2) is 36.4 Å². The van der Waals surface area contributed by atoms with Gasteiger partial charge in [0.25, 0.3) is 6.71 Å². The van der Waals surface area contributed by atoms with E-state index in [1.165, 1.54) is 76.0 Å². The Kier molecular flexibility index (Phi) is 3.25. The molecule has 0 spiro atoms. The molecular formula is C27H27BN2. The fraction of sp³-hybridized carbons (Fsp3) is 0.333. The summed E-state index contributed by atoms with van der Waals surface area (Å²) in [7, 11) is 0. The van der Waals surface area contributed by atoms with E-state index in [0.29, 0.717) is 6.71 Å². The van der Waals surface area contributed by atoms with Crippen molar-refractivity contribution in [1.82, 2.24) is 0 Å². The van der Waals surface area contributed by atoms with E-state index in [0.717, 1.165) is 13.1 Å². The number of benzene rings is 3. The summed E-state index contributed by atoms with van der Waals surface area (Å²) in [6, 6.07) is 14.5. The standard InChI is InChI=1S/C27H27BN2/c1-16-14-23-25-24(15-16)30-13-5-7-20-18(3)9-11-22(27(20)30)28(25)21-10-8-17(2)19-6-4-12-29(23)26(19)21/h8-11,14-15H,4-7,12-13H2,1-3H3. The van der Waals surface area contributed by atoms with E-state index in [9.17, 15) is 0 Å². The molecule has 0 radical (unpaired) electrons. The maximum atomic E-state index is 2.66. The van der Waals surface area contributed by atoms with Crippen molar-refractivity contribution in [2.75, 3.05) is 22.9 Å². The molecule has 148 valence electrons. The lowest BCUT2D eigenvalue weighted by Gasteiger charge is -2.48. The minimum absolute atomic E-state index is 0.364. The van der Waals surface area contributed by atoms with Crippen LogP contribution in [-0.2, 0) is 12.8 Å². The zero-order valence-electron chi connectivity index (χ0n) is 18.2. The Morgan fingerprint density at radius 2 is 1.20 bits per heavy atom. The van der Waals surface area contributed by atoms with Gasteiger partial charge in [-0.15, -0.1) is 0 Å². The number of aryl methyl sites for hydroxylation is 3. The molecule has 0 saturated carbocycles. The first-order chi connectivity index (χ1) is 14.6. The molecule has 4 aliphatic rings. The van der Waals surface area contributed by atoms with Gasteiger partial charge >= 0.3 is 0 Å². The molecule has 0 aromatic heterocycles. The van der Waals surface area contributed by atoms with Crippen LogP contribution in [0, 0.1) is 20.8 Å². The van der Waals surface area contributed by atoms with Crippen molar-refractivity contribution in [2.24, 2.45) is 0 Å². The molecule has 0 atom stereocenters. The third-order valence-electron chi connectivity index (χ3n) is 8.03. The first-order valence-electron chi connectivity index (χ1n) is 11.6. The first-order valence-corrected chi connectivity index (χ1v) is 11.6. The second-order valence-corrected chi connectivity index (χ2v) is 9.76. The van der Waals surface area contributed by atoms with E-state index in [1.54, 1.807) is 16.6 Å². The Hall–Kier alpha value is -2.68. The second-order valence-electron chi connectivity index (χ2n) is 9.76. The Bertz CT molecular complexity index is 1170. The molecule has 0 unspecified atom stereocenters. The van der Waals surface area contributed by atoms with Crippen molar-refractivity contribution in [3.63, 3.8) is 0 Å². The summed E-state index contributed by atoms with van der Waals surface area (Å²) in [5.74, 6) is 0. The largest absolute Gasteiger partial charge is 0.342 e. The average molecular weight is 390 g/mol. The molecule has 3 aromatic carbocycles. The SMILES string of the molecule is Cc1cc2c3c(c1)N1CCCc4c(C)ccc(c41)B3c1ccc(C)c3c1N2CCC3. The zero-order valence-corrected chi connectivity index (χ0v) is 18.2. The second kappa shape index (κ2) is 5.72. The summed E-state index contributed by atoms with van der Waals surface area (Å²) in [4.78, 5) is 5.32. The molecule has 2 nitrogen and oxygen atoms in total. The van der Waals surface area contributed by atoms with Gasteiger partial charge in [-0.3, -0.25) is 0 Å². The smallest absolute Gasteiger partial charge is 0.252 e. The van der Waals surface area contributed by atoms with Gasteiger partial charge in [0, 0.05) is 35.8 Å². The normalized spacial score (nSPS) is 17.5. The van der Waals surface area contributed by atoms with E-state index >= 15 is 0 Å². The summed E-state index contributed by atoms with van der Waals surface area (Å²) >= 11 is 0. The van der Waals surface area contributed by atoms with Crippen molar-refractivity contribution in [3.05, 3.63) is 64.2 Å². The minimum Gasteiger partial charge on any atom is -0.342 e. The van der Waals surface area contributed by atoms with Crippen LogP contribution in [-0.4, -0.2) is 19.8 Å². The van der Waals surface area contributed by atoms with Crippen LogP contribution in [0.3, 0.4) is 0 Å². The fourth-order valence-corrected chi connectivity index (χ4v) is 6.76. The molecule has 3 heteroatoms. The zero-order chi connectivity index (χ0) is 20.1. The summed E-state index contributed by atoms with van der Waals surface area (Å²) in [6.45, 7) is 9.51. The molecule has 0 saturated heterocycles. The number of nitrogens with zero attached hydrogens (tertiary/aromatic N) is 2. The van der Waals surface area contributed by atoms with Crippen LogP contribution in [0.5, 0.6) is 0 Å². The lowest BCUT2D eigenvalue weighted by Crippen LogP contribution is -2.63.